The summed E-state index contributed by atoms with van der Waals surface area (Å²) in [7, 11) is 0. The van der Waals surface area contributed by atoms with Crippen molar-refractivity contribution >= 4 is 11.8 Å². The number of hydrogen-bond donors (Lipinski definition) is 1. The highest BCUT2D eigenvalue weighted by Crippen LogP contribution is 2.13. The van der Waals surface area contributed by atoms with Gasteiger partial charge in [-0.25, -0.2) is 0 Å². The topological polar surface area (TPSA) is 76.4 Å². The van der Waals surface area contributed by atoms with E-state index in [1.807, 2.05) is 24.0 Å². The van der Waals surface area contributed by atoms with Gasteiger partial charge < -0.3 is 15.1 Å². The standard InChI is InChI=1S/C18H24N4O2/c1-14(17-5-3-16(13-19)4-6-17)20-8-7-18(24)22-11-9-21(10-12-22)15(2)23/h3-6,14,20H,7-12H2,1-2H3. The lowest BCUT2D eigenvalue weighted by atomic mass is 10.1. The van der Waals surface area contributed by atoms with Crippen LogP contribution in [-0.4, -0.2) is 54.3 Å². The van der Waals surface area contributed by atoms with E-state index in [1.165, 1.54) is 0 Å². The van der Waals surface area contributed by atoms with Crippen molar-refractivity contribution in [2.24, 2.45) is 0 Å². The van der Waals surface area contributed by atoms with Crippen molar-refractivity contribution in [1.29, 1.82) is 5.26 Å². The van der Waals surface area contributed by atoms with Gasteiger partial charge in [-0.05, 0) is 24.6 Å². The van der Waals surface area contributed by atoms with E-state index in [-0.39, 0.29) is 17.9 Å². The van der Waals surface area contributed by atoms with Crippen LogP contribution in [-0.2, 0) is 9.59 Å². The summed E-state index contributed by atoms with van der Waals surface area (Å²) in [6.45, 7) is 6.68. The third kappa shape index (κ3) is 4.80. The summed E-state index contributed by atoms with van der Waals surface area (Å²) in [5.41, 5.74) is 1.74. The van der Waals surface area contributed by atoms with Crippen molar-refractivity contribution in [3.8, 4) is 6.07 Å². The highest BCUT2D eigenvalue weighted by Gasteiger charge is 2.21. The van der Waals surface area contributed by atoms with Crippen LogP contribution in [0.1, 0.15) is 37.4 Å². The molecule has 1 aromatic rings. The maximum Gasteiger partial charge on any atom is 0.223 e. The van der Waals surface area contributed by atoms with Crippen LogP contribution in [0.4, 0.5) is 0 Å². The van der Waals surface area contributed by atoms with Gasteiger partial charge in [-0.3, -0.25) is 9.59 Å². The minimum absolute atomic E-state index is 0.0695. The average Bonchev–Trinajstić information content (AvgIpc) is 2.61. The number of nitriles is 1. The number of amides is 2. The molecular formula is C18H24N4O2. The maximum absolute atomic E-state index is 12.2. The third-order valence-corrected chi connectivity index (χ3v) is 4.41. The number of nitrogens with zero attached hydrogens (tertiary/aromatic N) is 3. The van der Waals surface area contributed by atoms with Crippen molar-refractivity contribution in [1.82, 2.24) is 15.1 Å². The van der Waals surface area contributed by atoms with Crippen molar-refractivity contribution in [3.63, 3.8) is 0 Å². The molecule has 2 amide bonds. The monoisotopic (exact) mass is 328 g/mol. The Morgan fingerprint density at radius 1 is 1.17 bits per heavy atom. The molecular weight excluding hydrogens is 304 g/mol. The lowest BCUT2D eigenvalue weighted by molar-refractivity contribution is -0.138. The van der Waals surface area contributed by atoms with Gasteiger partial charge in [-0.1, -0.05) is 12.1 Å². The zero-order valence-corrected chi connectivity index (χ0v) is 14.3. The predicted octanol–water partition coefficient (Wildman–Crippen LogP) is 1.29. The molecule has 6 heteroatoms. The predicted molar refractivity (Wildman–Crippen MR) is 91.0 cm³/mol. The first-order chi connectivity index (χ1) is 11.5. The zero-order chi connectivity index (χ0) is 17.5. The van der Waals surface area contributed by atoms with E-state index < -0.39 is 0 Å². The Bertz CT molecular complexity index is 613. The Morgan fingerprint density at radius 2 is 1.75 bits per heavy atom. The molecule has 0 spiro atoms. The molecule has 1 atom stereocenters. The van der Waals surface area contributed by atoms with Gasteiger partial charge in [-0.15, -0.1) is 0 Å². The quantitative estimate of drug-likeness (QED) is 0.883. The van der Waals surface area contributed by atoms with Gasteiger partial charge in [-0.2, -0.15) is 5.26 Å². The van der Waals surface area contributed by atoms with Crippen LogP contribution in [0.5, 0.6) is 0 Å². The second-order valence-electron chi connectivity index (χ2n) is 6.05. The fourth-order valence-corrected chi connectivity index (χ4v) is 2.79. The summed E-state index contributed by atoms with van der Waals surface area (Å²) in [5, 5.41) is 12.1. The van der Waals surface area contributed by atoms with Gasteiger partial charge in [0.15, 0.2) is 0 Å². The number of piperazine rings is 1. The van der Waals surface area contributed by atoms with Crippen LogP contribution in [0.25, 0.3) is 0 Å². The molecule has 0 radical (unpaired) electrons. The van der Waals surface area contributed by atoms with Gasteiger partial charge >= 0.3 is 0 Å². The first kappa shape index (κ1) is 18.0. The fraction of sp³-hybridized carbons (Fsp3) is 0.500. The summed E-state index contributed by atoms with van der Waals surface area (Å²) in [4.78, 5) is 27.1. The Morgan fingerprint density at radius 3 is 2.29 bits per heavy atom. The largest absolute Gasteiger partial charge is 0.339 e. The highest BCUT2D eigenvalue weighted by atomic mass is 16.2. The van der Waals surface area contributed by atoms with Gasteiger partial charge in [0.1, 0.15) is 0 Å². The number of carbonyl (C=O) groups is 2. The van der Waals surface area contributed by atoms with Gasteiger partial charge in [0.05, 0.1) is 11.6 Å². The molecule has 1 heterocycles. The Balaban J connectivity index is 1.72. The second-order valence-corrected chi connectivity index (χ2v) is 6.05. The molecule has 128 valence electrons. The average molecular weight is 328 g/mol. The first-order valence-corrected chi connectivity index (χ1v) is 8.28. The van der Waals surface area contributed by atoms with E-state index in [0.29, 0.717) is 44.7 Å². The van der Waals surface area contributed by atoms with E-state index in [1.54, 1.807) is 24.0 Å². The van der Waals surface area contributed by atoms with Crippen molar-refractivity contribution in [2.45, 2.75) is 26.3 Å². The lowest BCUT2D eigenvalue weighted by Gasteiger charge is -2.34. The zero-order valence-electron chi connectivity index (χ0n) is 14.3. The van der Waals surface area contributed by atoms with Crippen LogP contribution in [0.2, 0.25) is 0 Å². The maximum atomic E-state index is 12.2. The minimum atomic E-state index is 0.0695. The molecule has 1 saturated heterocycles. The Hall–Kier alpha value is -2.39. The van der Waals surface area contributed by atoms with E-state index in [9.17, 15) is 9.59 Å². The normalized spacial score (nSPS) is 15.7. The molecule has 0 bridgehead atoms. The number of rotatable bonds is 5. The van der Waals surface area contributed by atoms with Crippen molar-refractivity contribution in [2.75, 3.05) is 32.7 Å². The van der Waals surface area contributed by atoms with Crippen LogP contribution < -0.4 is 5.32 Å². The van der Waals surface area contributed by atoms with Crippen molar-refractivity contribution in [3.05, 3.63) is 35.4 Å². The molecule has 1 aromatic carbocycles. The minimum Gasteiger partial charge on any atom is -0.339 e. The number of hydrogen-bond acceptors (Lipinski definition) is 4. The van der Waals surface area contributed by atoms with Gasteiger partial charge in [0.2, 0.25) is 11.8 Å². The SMILES string of the molecule is CC(=O)N1CCN(C(=O)CCNC(C)c2ccc(C#N)cc2)CC1. The summed E-state index contributed by atoms with van der Waals surface area (Å²) in [6, 6.07) is 9.68. The fourth-order valence-electron chi connectivity index (χ4n) is 2.79. The van der Waals surface area contributed by atoms with E-state index >= 15 is 0 Å². The summed E-state index contributed by atoms with van der Waals surface area (Å²) < 4.78 is 0. The highest BCUT2D eigenvalue weighted by molar-refractivity contribution is 5.77. The summed E-state index contributed by atoms with van der Waals surface area (Å²) >= 11 is 0. The number of nitrogens with one attached hydrogen (secondary N) is 1. The lowest BCUT2D eigenvalue weighted by Crippen LogP contribution is -2.50. The number of benzene rings is 1. The first-order valence-electron chi connectivity index (χ1n) is 8.28. The molecule has 1 fully saturated rings. The summed E-state index contributed by atoms with van der Waals surface area (Å²) in [5.74, 6) is 0.192. The van der Waals surface area contributed by atoms with E-state index in [2.05, 4.69) is 11.4 Å². The molecule has 0 aliphatic carbocycles. The summed E-state index contributed by atoms with van der Waals surface area (Å²) in [6.07, 6.45) is 0.445. The molecule has 2 rings (SSSR count). The molecule has 1 aliphatic rings. The van der Waals surface area contributed by atoms with Crippen LogP contribution in [0.3, 0.4) is 0 Å². The van der Waals surface area contributed by atoms with Crippen LogP contribution in [0, 0.1) is 11.3 Å². The molecule has 1 N–H and O–H groups in total. The van der Waals surface area contributed by atoms with Gasteiger partial charge in [0, 0.05) is 52.1 Å². The molecule has 6 nitrogen and oxygen atoms in total. The molecule has 24 heavy (non-hydrogen) atoms. The molecule has 0 aromatic heterocycles. The number of carbonyl (C=O) groups excluding carboxylic acids is 2. The Kier molecular flexibility index (Phi) is 6.33. The molecule has 0 saturated carbocycles. The van der Waals surface area contributed by atoms with Crippen LogP contribution in [0.15, 0.2) is 24.3 Å². The second kappa shape index (κ2) is 8.46. The third-order valence-electron chi connectivity index (χ3n) is 4.41. The van der Waals surface area contributed by atoms with E-state index in [4.69, 9.17) is 5.26 Å². The van der Waals surface area contributed by atoms with Crippen LogP contribution >= 0.6 is 0 Å². The van der Waals surface area contributed by atoms with Crippen molar-refractivity contribution < 1.29 is 9.59 Å². The Labute approximate surface area is 143 Å². The van der Waals surface area contributed by atoms with E-state index in [0.717, 1.165) is 5.56 Å². The smallest absolute Gasteiger partial charge is 0.223 e. The molecule has 1 unspecified atom stereocenters. The van der Waals surface area contributed by atoms with Gasteiger partial charge in [0.25, 0.3) is 0 Å². The molecule has 1 aliphatic heterocycles.